The number of halogens is 3. The van der Waals surface area contributed by atoms with Gasteiger partial charge in [-0.2, -0.15) is 13.2 Å². The molecule has 3 nitrogen and oxygen atoms in total. The molecule has 1 N–H and O–H groups in total. The zero-order valence-electron chi connectivity index (χ0n) is 22.6. The van der Waals surface area contributed by atoms with Crippen molar-refractivity contribution in [1.29, 1.82) is 0 Å². The van der Waals surface area contributed by atoms with Gasteiger partial charge in [0.1, 0.15) is 17.3 Å². The summed E-state index contributed by atoms with van der Waals surface area (Å²) in [5.41, 5.74) is 6.66. The lowest BCUT2D eigenvalue weighted by molar-refractivity contribution is -0.129. The Morgan fingerprint density at radius 3 is 2.39 bits per heavy atom. The number of hydrogen-bond acceptors (Lipinski definition) is 3. The van der Waals surface area contributed by atoms with Crippen LogP contribution in [0.1, 0.15) is 81.4 Å². The van der Waals surface area contributed by atoms with Crippen LogP contribution in [-0.2, 0) is 17.6 Å². The van der Waals surface area contributed by atoms with E-state index >= 15 is 0 Å². The van der Waals surface area contributed by atoms with E-state index in [0.29, 0.717) is 17.9 Å². The molecule has 210 valence electrons. The second kappa shape index (κ2) is 15.6. The van der Waals surface area contributed by atoms with Gasteiger partial charge in [0.05, 0.1) is 6.42 Å². The Balaban J connectivity index is 1.46. The fourth-order valence-electron chi connectivity index (χ4n) is 5.29. The van der Waals surface area contributed by atoms with E-state index in [0.717, 1.165) is 71.0 Å². The largest absolute Gasteiger partial charge is 0.616 e. The van der Waals surface area contributed by atoms with Crippen molar-refractivity contribution in [3.8, 4) is 5.75 Å². The van der Waals surface area contributed by atoms with Crippen LogP contribution in [0.3, 0.4) is 0 Å². The van der Waals surface area contributed by atoms with Crippen molar-refractivity contribution in [2.75, 3.05) is 31.1 Å². The molecule has 0 aromatic heterocycles. The van der Waals surface area contributed by atoms with Crippen molar-refractivity contribution in [2.45, 2.75) is 77.3 Å². The summed E-state index contributed by atoms with van der Waals surface area (Å²) >= 11 is -1.40. The predicted octanol–water partition coefficient (Wildman–Crippen LogP) is 8.00. The van der Waals surface area contributed by atoms with Crippen molar-refractivity contribution in [3.63, 3.8) is 0 Å². The normalized spacial score (nSPS) is 15.0. The summed E-state index contributed by atoms with van der Waals surface area (Å²) < 4.78 is 48.7. The van der Waals surface area contributed by atoms with Crippen molar-refractivity contribution in [1.82, 2.24) is 4.90 Å². The predicted molar refractivity (Wildman–Crippen MR) is 153 cm³/mol. The molecule has 0 amide bonds. The van der Waals surface area contributed by atoms with E-state index in [1.54, 1.807) is 6.07 Å². The smallest absolute Gasteiger partial charge is 0.393 e. The minimum absolute atomic E-state index is 0.288. The lowest BCUT2D eigenvalue weighted by Gasteiger charge is -2.21. The van der Waals surface area contributed by atoms with Crippen LogP contribution in [0.5, 0.6) is 5.75 Å². The number of benzene rings is 2. The maximum Gasteiger partial charge on any atom is 0.393 e. The van der Waals surface area contributed by atoms with Gasteiger partial charge >= 0.3 is 6.18 Å². The highest BCUT2D eigenvalue weighted by Crippen LogP contribution is 2.39. The first-order valence-electron chi connectivity index (χ1n) is 14.0. The summed E-state index contributed by atoms with van der Waals surface area (Å²) in [6.07, 6.45) is 4.05. The van der Waals surface area contributed by atoms with Crippen LogP contribution < -0.4 is 0 Å². The fraction of sp³-hybridized carbons (Fsp3) is 0.548. The lowest BCUT2D eigenvalue weighted by Crippen LogP contribution is -2.28. The number of aryl methyl sites for hydroxylation is 1. The molecule has 0 aliphatic heterocycles. The molecular formula is C31H42F3NO2S. The second-order valence-corrected chi connectivity index (χ2v) is 11.9. The first-order valence-corrected chi connectivity index (χ1v) is 15.5. The van der Waals surface area contributed by atoms with Crippen molar-refractivity contribution in [3.05, 3.63) is 65.2 Å². The molecule has 7 heteroatoms. The fourth-order valence-corrected chi connectivity index (χ4v) is 6.41. The van der Waals surface area contributed by atoms with Gasteiger partial charge in [-0.1, -0.05) is 67.3 Å². The topological polar surface area (TPSA) is 46.5 Å². The number of alkyl halides is 3. The van der Waals surface area contributed by atoms with Crippen LogP contribution >= 0.6 is 0 Å². The van der Waals surface area contributed by atoms with E-state index in [1.807, 2.05) is 6.07 Å². The number of hydrogen-bond donors (Lipinski definition) is 1. The van der Waals surface area contributed by atoms with Crippen LogP contribution in [0.2, 0.25) is 0 Å². The molecule has 0 radical (unpaired) electrons. The highest BCUT2D eigenvalue weighted by Gasteiger charge is 2.29. The van der Waals surface area contributed by atoms with E-state index in [4.69, 9.17) is 0 Å². The minimum atomic E-state index is -4.23. The molecular weight excluding hydrogens is 507 g/mol. The molecule has 1 atom stereocenters. The van der Waals surface area contributed by atoms with Crippen LogP contribution in [0.15, 0.2) is 48.5 Å². The van der Waals surface area contributed by atoms with Gasteiger partial charge in [0.2, 0.25) is 0 Å². The lowest BCUT2D eigenvalue weighted by atomic mass is 9.89. The van der Waals surface area contributed by atoms with Gasteiger partial charge < -0.3 is 14.6 Å². The van der Waals surface area contributed by atoms with Crippen LogP contribution in [-0.4, -0.2) is 51.9 Å². The third kappa shape index (κ3) is 10.3. The number of phenols is 1. The molecule has 1 aliphatic rings. The monoisotopic (exact) mass is 549 g/mol. The quantitative estimate of drug-likeness (QED) is 0.181. The average molecular weight is 550 g/mol. The first kappa shape index (κ1) is 30.6. The number of nitrogens with zero attached hydrogens (tertiary/aromatic N) is 1. The Labute approximate surface area is 229 Å². The molecule has 38 heavy (non-hydrogen) atoms. The van der Waals surface area contributed by atoms with Crippen molar-refractivity contribution in [2.24, 2.45) is 0 Å². The summed E-state index contributed by atoms with van der Waals surface area (Å²) in [5, 5.41) is 10.0. The van der Waals surface area contributed by atoms with Gasteiger partial charge in [-0.3, -0.25) is 0 Å². The molecule has 0 saturated carbocycles. The summed E-state index contributed by atoms with van der Waals surface area (Å²) in [7, 11) is 0. The van der Waals surface area contributed by atoms with Crippen LogP contribution in [0.25, 0.3) is 11.1 Å². The summed E-state index contributed by atoms with van der Waals surface area (Å²) in [6.45, 7) is 4.74. The standard InChI is InChI=1S/C31H42F3NO2S/c1-2-35(21-11-22-38(37)23-19-31(32,33)34)20-9-4-3-8-15-30-28(25-12-6-5-7-13-25)16-10-14-26-24-27(36)17-18-29(26)30/h5-7,12-13,17-18,24,36H,2-4,8-11,14-16,19-23H2,1H3. The van der Waals surface area contributed by atoms with E-state index < -0.39 is 23.8 Å². The number of allylic oxidation sites excluding steroid dienone is 2. The van der Waals surface area contributed by atoms with Gasteiger partial charge in [0.15, 0.2) is 0 Å². The van der Waals surface area contributed by atoms with E-state index in [1.165, 1.54) is 27.8 Å². The van der Waals surface area contributed by atoms with Crippen molar-refractivity contribution < 1.29 is 22.8 Å². The molecule has 2 aromatic carbocycles. The number of fused-ring (bicyclic) bond motifs is 1. The number of unbranched alkanes of at least 4 members (excludes halogenated alkanes) is 3. The Bertz CT molecular complexity index is 1010. The van der Waals surface area contributed by atoms with Crippen molar-refractivity contribution >= 4 is 22.3 Å². The third-order valence-corrected chi connectivity index (χ3v) is 8.73. The molecule has 1 unspecified atom stereocenters. The van der Waals surface area contributed by atoms with Crippen LogP contribution in [0.4, 0.5) is 13.2 Å². The molecule has 0 spiro atoms. The average Bonchev–Trinajstić information content (AvgIpc) is 3.07. The molecule has 0 heterocycles. The molecule has 1 aliphatic carbocycles. The Kier molecular flexibility index (Phi) is 12.5. The highest BCUT2D eigenvalue weighted by atomic mass is 32.2. The maximum atomic E-state index is 12.3. The van der Waals surface area contributed by atoms with E-state index in [2.05, 4.69) is 48.2 Å². The number of rotatable bonds is 15. The third-order valence-electron chi connectivity index (χ3n) is 7.33. The molecule has 0 bridgehead atoms. The zero-order valence-corrected chi connectivity index (χ0v) is 23.4. The number of aromatic hydroxyl groups is 1. The Morgan fingerprint density at radius 1 is 0.921 bits per heavy atom. The molecule has 0 fully saturated rings. The zero-order chi connectivity index (χ0) is 27.4. The van der Waals surface area contributed by atoms with Gasteiger partial charge in [0, 0.05) is 13.0 Å². The number of phenolic OH excluding ortho intramolecular Hbond substituents is 1. The second-order valence-electron chi connectivity index (χ2n) is 10.2. The van der Waals surface area contributed by atoms with Gasteiger partial charge in [-0.25, -0.2) is 0 Å². The minimum Gasteiger partial charge on any atom is -0.616 e. The summed E-state index contributed by atoms with van der Waals surface area (Å²) in [4.78, 5) is 2.31. The Morgan fingerprint density at radius 2 is 1.66 bits per heavy atom. The SMILES string of the molecule is CCN(CCCCCCC1=C(c2ccccc2)CCCc2cc(O)ccc21)CCC[S+]([O-])CCC(F)(F)F. The molecule has 3 rings (SSSR count). The van der Waals surface area contributed by atoms with Gasteiger partial charge in [-0.15, -0.1) is 0 Å². The molecule has 2 aromatic rings. The molecule has 0 saturated heterocycles. The Hall–Kier alpha value is -1.96. The van der Waals surface area contributed by atoms with E-state index in [-0.39, 0.29) is 5.75 Å². The highest BCUT2D eigenvalue weighted by molar-refractivity contribution is 7.91. The van der Waals surface area contributed by atoms with Crippen LogP contribution in [0, 0.1) is 0 Å². The van der Waals surface area contributed by atoms with E-state index in [9.17, 15) is 22.8 Å². The van der Waals surface area contributed by atoms with Gasteiger partial charge in [0.25, 0.3) is 0 Å². The summed E-state index contributed by atoms with van der Waals surface area (Å²) in [6, 6.07) is 16.5. The summed E-state index contributed by atoms with van der Waals surface area (Å²) in [5.74, 6) is 0.383. The first-order chi connectivity index (χ1) is 18.3. The maximum absolute atomic E-state index is 12.3. The van der Waals surface area contributed by atoms with Gasteiger partial charge in [-0.05, 0) is 91.6 Å².